The van der Waals surface area contributed by atoms with Gasteiger partial charge in [0.2, 0.25) is 0 Å². The number of nitrogens with zero attached hydrogens (tertiary/aromatic N) is 2. The molecule has 0 bridgehead atoms. The average Bonchev–Trinajstić information content (AvgIpc) is 2.39. The zero-order valence-electron chi connectivity index (χ0n) is 10.1. The molecule has 1 N–H and O–H groups in total. The van der Waals surface area contributed by atoms with E-state index in [-0.39, 0.29) is 5.91 Å². The van der Waals surface area contributed by atoms with Gasteiger partial charge >= 0.3 is 0 Å². The quantitative estimate of drug-likeness (QED) is 0.865. The highest BCUT2D eigenvalue weighted by molar-refractivity contribution is 9.10. The van der Waals surface area contributed by atoms with Crippen LogP contribution < -0.4 is 5.32 Å². The van der Waals surface area contributed by atoms with Crippen LogP contribution >= 0.6 is 15.9 Å². The number of rotatable bonds is 2. The van der Waals surface area contributed by atoms with E-state index in [1.165, 1.54) is 0 Å². The molecule has 1 aromatic heterocycles. The minimum atomic E-state index is -0.304. The fourth-order valence-corrected chi connectivity index (χ4v) is 2.10. The van der Waals surface area contributed by atoms with Gasteiger partial charge in [-0.05, 0) is 46.6 Å². The third kappa shape index (κ3) is 2.80. The van der Waals surface area contributed by atoms with Crippen LogP contribution in [0.3, 0.4) is 0 Å². The van der Waals surface area contributed by atoms with E-state index in [1.807, 2.05) is 13.0 Å². The molecule has 0 aliphatic heterocycles. The number of amides is 1. The first-order valence-corrected chi connectivity index (χ1v) is 6.34. The molecule has 0 fully saturated rings. The zero-order valence-corrected chi connectivity index (χ0v) is 11.7. The molecule has 0 unspecified atom stereocenters. The Morgan fingerprint density at radius 2 is 2.16 bits per heavy atom. The molecule has 5 heteroatoms. The molecule has 1 aromatic carbocycles. The number of aryl methyl sites for hydroxylation is 1. The lowest BCUT2D eigenvalue weighted by Crippen LogP contribution is -2.14. The van der Waals surface area contributed by atoms with Gasteiger partial charge in [0.15, 0.2) is 0 Å². The number of nitriles is 1. The fraction of sp³-hybridized carbons (Fsp3) is 0.0714. The number of carbonyl (C=O) groups is 1. The molecule has 2 aromatic rings. The van der Waals surface area contributed by atoms with E-state index >= 15 is 0 Å². The predicted molar refractivity (Wildman–Crippen MR) is 75.8 cm³/mol. The summed E-state index contributed by atoms with van der Waals surface area (Å²) in [6, 6.07) is 10.8. The Kier molecular flexibility index (Phi) is 3.93. The zero-order chi connectivity index (χ0) is 13.8. The first kappa shape index (κ1) is 13.2. The molecule has 0 saturated carbocycles. The Balaban J connectivity index is 2.33. The minimum Gasteiger partial charge on any atom is -0.321 e. The van der Waals surface area contributed by atoms with Crippen molar-refractivity contribution in [3.05, 3.63) is 57.8 Å². The largest absolute Gasteiger partial charge is 0.321 e. The van der Waals surface area contributed by atoms with E-state index in [2.05, 4.69) is 32.3 Å². The van der Waals surface area contributed by atoms with E-state index in [0.29, 0.717) is 21.4 Å². The Bertz CT molecular complexity index is 677. The molecule has 4 nitrogen and oxygen atoms in total. The second-order valence-corrected chi connectivity index (χ2v) is 4.66. The highest BCUT2D eigenvalue weighted by Gasteiger charge is 2.13. The van der Waals surface area contributed by atoms with Crippen LogP contribution in [0.25, 0.3) is 0 Å². The van der Waals surface area contributed by atoms with Gasteiger partial charge in [-0.3, -0.25) is 4.79 Å². The van der Waals surface area contributed by atoms with Crippen LogP contribution in [0.15, 0.2) is 41.1 Å². The molecular formula is C14H10BrN3O. The molecule has 0 atom stereocenters. The maximum Gasteiger partial charge on any atom is 0.258 e. The van der Waals surface area contributed by atoms with E-state index < -0.39 is 0 Å². The summed E-state index contributed by atoms with van der Waals surface area (Å²) >= 11 is 3.22. The van der Waals surface area contributed by atoms with Crippen LogP contribution in [0.1, 0.15) is 21.5 Å². The number of pyridine rings is 1. The molecule has 0 spiro atoms. The summed E-state index contributed by atoms with van der Waals surface area (Å²) in [5.41, 5.74) is 2.22. The van der Waals surface area contributed by atoms with Crippen LogP contribution in [0, 0.1) is 18.3 Å². The summed E-state index contributed by atoms with van der Waals surface area (Å²) in [4.78, 5) is 16.1. The van der Waals surface area contributed by atoms with E-state index in [4.69, 9.17) is 5.26 Å². The van der Waals surface area contributed by atoms with Gasteiger partial charge in [-0.1, -0.05) is 12.1 Å². The van der Waals surface area contributed by atoms with Crippen LogP contribution in [0.5, 0.6) is 0 Å². The second-order valence-electron chi connectivity index (χ2n) is 3.91. The van der Waals surface area contributed by atoms with Gasteiger partial charge < -0.3 is 5.32 Å². The Labute approximate surface area is 119 Å². The van der Waals surface area contributed by atoms with Crippen molar-refractivity contribution in [1.82, 2.24) is 4.98 Å². The normalized spacial score (nSPS) is 9.74. The Morgan fingerprint density at radius 3 is 2.84 bits per heavy atom. The maximum atomic E-state index is 12.1. The van der Waals surface area contributed by atoms with Crippen molar-refractivity contribution in [2.45, 2.75) is 6.92 Å². The first-order valence-electron chi connectivity index (χ1n) is 5.55. The van der Waals surface area contributed by atoms with Crippen molar-refractivity contribution in [2.75, 3.05) is 5.32 Å². The highest BCUT2D eigenvalue weighted by Crippen LogP contribution is 2.20. The average molecular weight is 316 g/mol. The second kappa shape index (κ2) is 5.63. The first-order chi connectivity index (χ1) is 9.13. The number of hydrogen-bond donors (Lipinski definition) is 1. The minimum absolute atomic E-state index is 0.304. The standard InChI is InChI=1S/C14H10BrN3O/c1-9-4-2-6-12(11(9)8-16)18-14(19)10-5-3-7-17-13(10)15/h2-7H,1H3,(H,18,19). The van der Waals surface area contributed by atoms with Gasteiger partial charge in [0, 0.05) is 6.20 Å². The molecule has 94 valence electrons. The van der Waals surface area contributed by atoms with Gasteiger partial charge in [0.1, 0.15) is 10.7 Å². The molecule has 0 saturated heterocycles. The third-order valence-corrected chi connectivity index (χ3v) is 3.27. The molecule has 0 aliphatic rings. The number of anilines is 1. The summed E-state index contributed by atoms with van der Waals surface area (Å²) in [5, 5.41) is 11.8. The predicted octanol–water partition coefficient (Wildman–Crippen LogP) is 3.28. The Morgan fingerprint density at radius 1 is 1.37 bits per heavy atom. The van der Waals surface area contributed by atoms with E-state index in [9.17, 15) is 4.79 Å². The molecule has 1 amide bonds. The van der Waals surface area contributed by atoms with Crippen molar-refractivity contribution in [3.63, 3.8) is 0 Å². The monoisotopic (exact) mass is 315 g/mol. The number of nitrogens with one attached hydrogen (secondary N) is 1. The van der Waals surface area contributed by atoms with Crippen molar-refractivity contribution in [2.24, 2.45) is 0 Å². The van der Waals surface area contributed by atoms with Gasteiger partial charge in [-0.2, -0.15) is 5.26 Å². The van der Waals surface area contributed by atoms with Crippen LogP contribution in [-0.2, 0) is 0 Å². The summed E-state index contributed by atoms with van der Waals surface area (Å²) in [5.74, 6) is -0.304. The summed E-state index contributed by atoms with van der Waals surface area (Å²) in [7, 11) is 0. The van der Waals surface area contributed by atoms with Gasteiger partial charge in [0.25, 0.3) is 5.91 Å². The summed E-state index contributed by atoms with van der Waals surface area (Å²) in [6.07, 6.45) is 1.59. The van der Waals surface area contributed by atoms with Crippen LogP contribution in [0.2, 0.25) is 0 Å². The highest BCUT2D eigenvalue weighted by atomic mass is 79.9. The van der Waals surface area contributed by atoms with Crippen molar-refractivity contribution < 1.29 is 4.79 Å². The van der Waals surface area contributed by atoms with Gasteiger partial charge in [-0.25, -0.2) is 4.98 Å². The number of carbonyl (C=O) groups excluding carboxylic acids is 1. The molecule has 1 heterocycles. The molecule has 0 radical (unpaired) electrons. The van der Waals surface area contributed by atoms with Crippen LogP contribution in [-0.4, -0.2) is 10.9 Å². The lowest BCUT2D eigenvalue weighted by atomic mass is 10.1. The van der Waals surface area contributed by atoms with Crippen molar-refractivity contribution in [1.29, 1.82) is 5.26 Å². The number of benzene rings is 1. The summed E-state index contributed by atoms with van der Waals surface area (Å²) in [6.45, 7) is 1.83. The lowest BCUT2D eigenvalue weighted by Gasteiger charge is -2.09. The van der Waals surface area contributed by atoms with Crippen molar-refractivity contribution >= 4 is 27.5 Å². The van der Waals surface area contributed by atoms with E-state index in [0.717, 1.165) is 5.56 Å². The van der Waals surface area contributed by atoms with Gasteiger partial charge in [-0.15, -0.1) is 0 Å². The fourth-order valence-electron chi connectivity index (χ4n) is 1.67. The number of aromatic nitrogens is 1. The SMILES string of the molecule is Cc1cccc(NC(=O)c2cccnc2Br)c1C#N. The number of halogens is 1. The number of hydrogen-bond acceptors (Lipinski definition) is 3. The van der Waals surface area contributed by atoms with Crippen molar-refractivity contribution in [3.8, 4) is 6.07 Å². The third-order valence-electron chi connectivity index (χ3n) is 2.64. The van der Waals surface area contributed by atoms with Crippen LogP contribution in [0.4, 0.5) is 5.69 Å². The van der Waals surface area contributed by atoms with Gasteiger partial charge in [0.05, 0.1) is 16.8 Å². The summed E-state index contributed by atoms with van der Waals surface area (Å²) < 4.78 is 0.471. The Hall–Kier alpha value is -2.19. The smallest absolute Gasteiger partial charge is 0.258 e. The van der Waals surface area contributed by atoms with E-state index in [1.54, 1.807) is 30.5 Å². The molecular weight excluding hydrogens is 306 g/mol. The molecule has 19 heavy (non-hydrogen) atoms. The molecule has 0 aliphatic carbocycles. The topological polar surface area (TPSA) is 65.8 Å². The lowest BCUT2D eigenvalue weighted by molar-refractivity contribution is 0.102. The molecule has 2 rings (SSSR count). The maximum absolute atomic E-state index is 12.1.